The molecule has 10 N–H and O–H groups in total. The first-order chi connectivity index (χ1) is 48.8. The van der Waals surface area contributed by atoms with E-state index in [1.165, 1.54) is 60.3 Å². The fraction of sp³-hybridized carbons (Fsp3) is 0.631. The van der Waals surface area contributed by atoms with Gasteiger partial charge in [0.1, 0.15) is 46.3 Å². The summed E-state index contributed by atoms with van der Waals surface area (Å²) in [5.74, 6) is -5.24. The Morgan fingerprint density at radius 3 is 2.41 bits per heavy atom. The summed E-state index contributed by atoms with van der Waals surface area (Å²) in [6, 6.07) is 20.4. The first-order valence-electron chi connectivity index (χ1n) is 38.8. The zero-order valence-electron chi connectivity index (χ0n) is 57.8. The Bertz CT molecular complexity index is 4220. The number of dihydropyridines is 1. The van der Waals surface area contributed by atoms with Crippen molar-refractivity contribution in [1.82, 2.24) is 10.6 Å². The number of aliphatic hydroxyl groups is 7. The first kappa shape index (κ1) is 65.3. The number of hydrogen-bond acceptors (Lipinski definition) is 17. The number of rotatable bonds is 7. The van der Waals surface area contributed by atoms with E-state index >= 15 is 9.59 Å². The van der Waals surface area contributed by atoms with E-state index in [4.69, 9.17) is 9.47 Å². The molecule has 7 spiro atoms. The van der Waals surface area contributed by atoms with Gasteiger partial charge in [-0.05, 0) is 267 Å². The predicted octanol–water partition coefficient (Wildman–Crippen LogP) is 12.2. The lowest BCUT2D eigenvalue weighted by Crippen LogP contribution is -2.88. The van der Waals surface area contributed by atoms with Gasteiger partial charge in [0.25, 0.3) is 0 Å². The van der Waals surface area contributed by atoms with E-state index in [-0.39, 0.29) is 106 Å². The second-order valence-corrected chi connectivity index (χ2v) is 38.8. The fourth-order valence-electron chi connectivity index (χ4n) is 29.2. The number of fused-ring (bicyclic) bond motifs is 3. The minimum atomic E-state index is -2.40. The molecule has 4 aliphatic heterocycles. The molecule has 0 aromatic heterocycles. The van der Waals surface area contributed by atoms with Gasteiger partial charge in [-0.3, -0.25) is 9.59 Å². The van der Waals surface area contributed by atoms with Gasteiger partial charge in [-0.15, -0.1) is 0 Å². The molecule has 21 rings (SSSR count). The van der Waals surface area contributed by atoms with Crippen LogP contribution in [0.25, 0.3) is 0 Å². The van der Waals surface area contributed by atoms with Crippen LogP contribution in [0.1, 0.15) is 185 Å². The van der Waals surface area contributed by atoms with Gasteiger partial charge in [-0.1, -0.05) is 102 Å². The highest BCUT2D eigenvalue weighted by atomic mass is 33.1. The quantitative estimate of drug-likeness (QED) is 0.0779. The van der Waals surface area contributed by atoms with E-state index in [0.29, 0.717) is 79.3 Å². The van der Waals surface area contributed by atoms with Gasteiger partial charge >= 0.3 is 0 Å². The van der Waals surface area contributed by atoms with E-state index in [0.717, 1.165) is 94.0 Å². The lowest BCUT2D eigenvalue weighted by molar-refractivity contribution is -0.461. The third-order valence-electron chi connectivity index (χ3n) is 32.4. The van der Waals surface area contributed by atoms with Gasteiger partial charge in [0, 0.05) is 46.9 Å². The van der Waals surface area contributed by atoms with Crippen molar-refractivity contribution in [2.45, 2.75) is 207 Å². The first-order valence-corrected chi connectivity index (χ1v) is 41.1. The van der Waals surface area contributed by atoms with Crippen LogP contribution in [0.5, 0.6) is 11.5 Å². The van der Waals surface area contributed by atoms with E-state index < -0.39 is 86.4 Å². The SMILES string of the molecule is O=C[C@@H]1C[C@@]2(CC[C@@]3(C[C@@H](Cc4cccc(O)c4)CC34CCCC4)C2)C[C@@]12C[C@@H]1C[C@H]3C[C@@H]4[C@@H]5CC[C@@]67Oc8cccc9c8C(=O)[C@@]8%10C(O)=CC(Cc%11cccc(CO)c%11)=C(/C=C\[C@H]%11CCC[C@H]%12CC[C@@H](C[C@]%12%11O)[C@H]8SSCNC8=CC(=C3CN8)[C@@]1(C2)[C@H]4[C@](O)([C@H](O)[C@@]5(CO)O6)[C@H]7O)[C@@H]%10C9=O. The molecule has 23 atom stereocenters. The number of ether oxygens (including phenoxy) is 2. The summed E-state index contributed by atoms with van der Waals surface area (Å²) >= 11 is 0. The zero-order valence-corrected chi connectivity index (χ0v) is 59.4. The van der Waals surface area contributed by atoms with Gasteiger partial charge < -0.3 is 65.8 Å². The van der Waals surface area contributed by atoms with Crippen LogP contribution in [0.2, 0.25) is 0 Å². The van der Waals surface area contributed by atoms with Crippen LogP contribution in [0, 0.1) is 97.6 Å². The van der Waals surface area contributed by atoms with Gasteiger partial charge in [-0.25, -0.2) is 0 Å². The number of allylic oxidation sites excluding steroid dienone is 7. The molecule has 13 bridgehead atoms. The molecule has 0 unspecified atom stereocenters. The number of aliphatic hydroxyl groups excluding tert-OH is 5. The van der Waals surface area contributed by atoms with Crippen LogP contribution in [-0.2, 0) is 29.0 Å². The van der Waals surface area contributed by atoms with Crippen LogP contribution < -0.4 is 15.4 Å². The number of benzene rings is 3. The lowest BCUT2D eigenvalue weighted by Gasteiger charge is -2.72. The maximum atomic E-state index is 17.4. The number of carbonyl (C=O) groups is 3. The fourth-order valence-corrected chi connectivity index (χ4v) is 32.2. The molecule has 0 radical (unpaired) electrons. The summed E-state index contributed by atoms with van der Waals surface area (Å²) < 4.78 is 14.8. The number of carbonyl (C=O) groups excluding carboxylic acids is 3. The van der Waals surface area contributed by atoms with Crippen molar-refractivity contribution in [3.8, 4) is 11.5 Å². The highest BCUT2D eigenvalue weighted by Gasteiger charge is 2.85. The van der Waals surface area contributed by atoms with Gasteiger partial charge in [0.2, 0.25) is 5.79 Å². The largest absolute Gasteiger partial charge is 0.511 e. The second-order valence-electron chi connectivity index (χ2n) is 36.2. The van der Waals surface area contributed by atoms with Crippen molar-refractivity contribution in [2.24, 2.45) is 97.6 Å². The Morgan fingerprint density at radius 2 is 1.57 bits per heavy atom. The number of hydrogen-bond donors (Lipinski definition) is 10. The molecule has 4 heterocycles. The zero-order chi connectivity index (χ0) is 68.8. The molecular formula is C84H98N2O13S2. The average molecular weight is 1410 g/mol. The summed E-state index contributed by atoms with van der Waals surface area (Å²) in [7, 11) is 3.05. The number of ketones is 2. The van der Waals surface area contributed by atoms with Crippen molar-refractivity contribution in [3.63, 3.8) is 0 Å². The van der Waals surface area contributed by atoms with Crippen molar-refractivity contribution in [3.05, 3.63) is 153 Å². The highest BCUT2D eigenvalue weighted by molar-refractivity contribution is 8.77. The lowest BCUT2D eigenvalue weighted by atomic mass is 9.42. The molecule has 18 aliphatic rings. The Morgan fingerprint density at radius 1 is 0.752 bits per heavy atom. The Balaban J connectivity index is 0.739. The van der Waals surface area contributed by atoms with Crippen molar-refractivity contribution in [2.75, 3.05) is 19.0 Å². The summed E-state index contributed by atoms with van der Waals surface area (Å²) in [4.78, 5) is 48.7. The number of Topliss-reactive ketones (excluding diaryl/α,β-unsaturated/α-hetero) is 2. The van der Waals surface area contributed by atoms with Gasteiger partial charge in [0.05, 0.1) is 42.0 Å². The van der Waals surface area contributed by atoms with Crippen molar-refractivity contribution in [1.29, 1.82) is 0 Å². The smallest absolute Gasteiger partial charge is 0.240 e. The molecule has 15 nitrogen and oxygen atoms in total. The number of phenolic OH excluding ortho intramolecular Hbond substituents is 1. The third kappa shape index (κ3) is 8.56. The van der Waals surface area contributed by atoms with E-state index in [1.807, 2.05) is 42.5 Å². The minimum absolute atomic E-state index is 0.0146. The number of aromatic hydroxyl groups is 1. The summed E-state index contributed by atoms with van der Waals surface area (Å²) in [6.45, 7) is -0.346. The predicted molar refractivity (Wildman–Crippen MR) is 381 cm³/mol. The summed E-state index contributed by atoms with van der Waals surface area (Å²) in [5.41, 5.74) is -1.93. The van der Waals surface area contributed by atoms with Crippen LogP contribution in [0.15, 0.2) is 125 Å². The standard InChI is InChI=1S/C84H98N2O13S2/c87-39-48-9-3-7-46(25-48)27-51-31-65(91)83-68-58(51)18-17-54-11-5-10-53-16-15-50(35-80(53,54)96)72(83)101-100-45-86-66-32-63-61(38-85-66)52-29-55-37-76(41-75(36-56(76)40-88)23-24-78(42-75)34-49(33-77(78)20-1-2-21-77)26-47-8-4-12-57(90)28-47)43-79(55,63)70-60(30-52)62-19-22-82(74(95)84(70,97)73(94)81(62,44-89)99-82)98-64-14-6-13-59(69(68)92)67(64)71(83)93/h3-4,6-9,12-14,17-18,25,28,31-32,40,49-50,52-56,60,62,68,70,72-74,85-87,89-91,94-97H,1-2,5,10-11,15-16,19-24,26-27,29-30,33-39,41-45H2/b18-17-/t49-,50-,52-,53-,54+,55-,56-,60+,62-,68+,70-,72+,73+,74-,75-,76+,78+,79-,80-,81-,82+,83-,84-/m0/s1. The monoisotopic (exact) mass is 1410 g/mol. The molecule has 9 saturated carbocycles. The number of phenols is 1. The Hall–Kier alpha value is -5.21. The topological polar surface area (TPSA) is 256 Å². The molecule has 14 aliphatic carbocycles. The average Bonchev–Trinajstić information content (AvgIpc) is 1.37. The Labute approximate surface area is 599 Å². The molecule has 0 amide bonds. The minimum Gasteiger partial charge on any atom is -0.511 e. The molecular weight excluding hydrogens is 1310 g/mol. The molecule has 534 valence electrons. The highest BCUT2D eigenvalue weighted by Crippen LogP contribution is 2.83. The summed E-state index contributed by atoms with van der Waals surface area (Å²) in [6.07, 6.45) is 26.7. The van der Waals surface area contributed by atoms with Crippen LogP contribution >= 0.6 is 21.6 Å². The molecule has 11 fully saturated rings. The summed E-state index contributed by atoms with van der Waals surface area (Å²) in [5, 5.41) is 110. The van der Waals surface area contributed by atoms with Crippen molar-refractivity contribution < 1.29 is 64.7 Å². The number of nitrogens with one attached hydrogen (secondary N) is 2. The second kappa shape index (κ2) is 22.4. The normalized spacial score (nSPS) is 46.9. The maximum Gasteiger partial charge on any atom is 0.240 e. The maximum absolute atomic E-state index is 17.4. The molecule has 3 aromatic carbocycles. The molecule has 3 aromatic rings. The molecule has 2 saturated heterocycles. The van der Waals surface area contributed by atoms with Gasteiger partial charge in [-0.2, -0.15) is 0 Å². The molecule has 101 heavy (non-hydrogen) atoms. The van der Waals surface area contributed by atoms with Gasteiger partial charge in [0.15, 0.2) is 17.7 Å². The van der Waals surface area contributed by atoms with E-state index in [1.54, 1.807) is 41.1 Å². The Kier molecular flexibility index (Phi) is 14.5. The van der Waals surface area contributed by atoms with Crippen LogP contribution in [0.3, 0.4) is 0 Å². The van der Waals surface area contributed by atoms with Crippen molar-refractivity contribution >= 4 is 39.4 Å². The van der Waals surface area contributed by atoms with E-state index in [2.05, 4.69) is 28.9 Å². The van der Waals surface area contributed by atoms with Crippen LogP contribution in [-0.4, -0.2) is 118 Å². The molecule has 17 heteroatoms. The van der Waals surface area contributed by atoms with E-state index in [9.17, 15) is 45.6 Å². The third-order valence-corrected chi connectivity index (χ3v) is 35.1. The number of aldehydes is 1. The van der Waals surface area contributed by atoms with Crippen LogP contribution in [0.4, 0.5) is 0 Å².